The van der Waals surface area contributed by atoms with Crippen LogP contribution in [0.25, 0.3) is 0 Å². The highest BCUT2D eigenvalue weighted by molar-refractivity contribution is 5.14. The summed E-state index contributed by atoms with van der Waals surface area (Å²) in [5, 5.41) is 8.53. The summed E-state index contributed by atoms with van der Waals surface area (Å²) in [6.07, 6.45) is 1.85. The third-order valence-electron chi connectivity index (χ3n) is 1.47. The van der Waals surface area contributed by atoms with Gasteiger partial charge in [0, 0.05) is 6.61 Å². The molecular weight excluding hydrogens is 138 g/mol. The molecular formula is C9H15NO. The molecule has 1 aromatic rings. The molecule has 11 heavy (non-hydrogen) atoms. The lowest BCUT2D eigenvalue weighted by Crippen LogP contribution is -1.87. The Morgan fingerprint density at radius 2 is 1.73 bits per heavy atom. The molecule has 2 nitrogen and oxygen atoms in total. The molecule has 0 bridgehead atoms. The first-order chi connectivity index (χ1) is 4.93. The van der Waals surface area contributed by atoms with Crippen molar-refractivity contribution >= 4 is 0 Å². The van der Waals surface area contributed by atoms with Crippen LogP contribution >= 0.6 is 0 Å². The van der Waals surface area contributed by atoms with E-state index in [0.717, 1.165) is 12.8 Å². The van der Waals surface area contributed by atoms with Crippen molar-refractivity contribution in [1.82, 2.24) is 6.15 Å². The van der Waals surface area contributed by atoms with Crippen LogP contribution in [0.4, 0.5) is 0 Å². The van der Waals surface area contributed by atoms with Gasteiger partial charge in [0.2, 0.25) is 0 Å². The van der Waals surface area contributed by atoms with Gasteiger partial charge in [-0.25, -0.2) is 0 Å². The summed E-state index contributed by atoms with van der Waals surface area (Å²) < 4.78 is 0. The van der Waals surface area contributed by atoms with Gasteiger partial charge in [0.25, 0.3) is 0 Å². The number of hydrogen-bond acceptors (Lipinski definition) is 2. The fourth-order valence-corrected chi connectivity index (χ4v) is 0.928. The number of hydrogen-bond donors (Lipinski definition) is 2. The molecule has 0 spiro atoms. The average Bonchev–Trinajstić information content (AvgIpc) is 2.03. The highest BCUT2D eigenvalue weighted by Crippen LogP contribution is 2.00. The van der Waals surface area contributed by atoms with Crippen LogP contribution in [-0.4, -0.2) is 11.7 Å². The Bertz CT molecular complexity index is 174. The largest absolute Gasteiger partial charge is 0.396 e. The van der Waals surface area contributed by atoms with E-state index in [1.807, 2.05) is 18.2 Å². The molecule has 0 unspecified atom stereocenters. The van der Waals surface area contributed by atoms with Crippen molar-refractivity contribution in [3.63, 3.8) is 0 Å². The lowest BCUT2D eigenvalue weighted by Gasteiger charge is -1.96. The molecule has 0 saturated carbocycles. The minimum Gasteiger partial charge on any atom is -0.396 e. The van der Waals surface area contributed by atoms with Crippen molar-refractivity contribution < 1.29 is 5.11 Å². The van der Waals surface area contributed by atoms with Crippen molar-refractivity contribution in [2.45, 2.75) is 12.8 Å². The second kappa shape index (κ2) is 5.89. The van der Waals surface area contributed by atoms with Crippen LogP contribution in [0.1, 0.15) is 12.0 Å². The van der Waals surface area contributed by atoms with Gasteiger partial charge in [0.15, 0.2) is 0 Å². The summed E-state index contributed by atoms with van der Waals surface area (Å²) in [6, 6.07) is 10.2. The predicted octanol–water partition coefficient (Wildman–Crippen LogP) is 1.77. The molecule has 0 atom stereocenters. The maximum atomic E-state index is 8.53. The Labute approximate surface area is 67.5 Å². The van der Waals surface area contributed by atoms with Crippen LogP contribution in [0.5, 0.6) is 0 Å². The molecule has 2 heteroatoms. The Morgan fingerprint density at radius 1 is 1.09 bits per heavy atom. The molecule has 0 aliphatic heterocycles. The maximum Gasteiger partial charge on any atom is 0.0434 e. The molecule has 1 rings (SSSR count). The van der Waals surface area contributed by atoms with E-state index in [9.17, 15) is 0 Å². The first-order valence-corrected chi connectivity index (χ1v) is 3.58. The van der Waals surface area contributed by atoms with Gasteiger partial charge < -0.3 is 11.3 Å². The van der Waals surface area contributed by atoms with Crippen LogP contribution in [-0.2, 0) is 6.42 Å². The average molecular weight is 153 g/mol. The van der Waals surface area contributed by atoms with E-state index in [-0.39, 0.29) is 12.8 Å². The third kappa shape index (κ3) is 3.75. The molecule has 0 radical (unpaired) electrons. The van der Waals surface area contributed by atoms with Crippen LogP contribution < -0.4 is 6.15 Å². The van der Waals surface area contributed by atoms with Crippen LogP contribution in [0.2, 0.25) is 0 Å². The van der Waals surface area contributed by atoms with Gasteiger partial charge in [0.05, 0.1) is 0 Å². The molecule has 4 N–H and O–H groups in total. The Kier molecular flexibility index (Phi) is 5.43. The zero-order chi connectivity index (χ0) is 7.23. The molecule has 0 fully saturated rings. The molecule has 62 valence electrons. The lowest BCUT2D eigenvalue weighted by atomic mass is 10.1. The number of aliphatic hydroxyl groups excluding tert-OH is 1. The van der Waals surface area contributed by atoms with Crippen LogP contribution in [0.15, 0.2) is 30.3 Å². The van der Waals surface area contributed by atoms with Crippen LogP contribution in [0, 0.1) is 0 Å². The summed E-state index contributed by atoms with van der Waals surface area (Å²) in [5.74, 6) is 0. The number of aliphatic hydroxyl groups is 1. The molecule has 0 aromatic heterocycles. The van der Waals surface area contributed by atoms with E-state index in [2.05, 4.69) is 12.1 Å². The van der Waals surface area contributed by atoms with Crippen molar-refractivity contribution in [2.75, 3.05) is 6.61 Å². The van der Waals surface area contributed by atoms with Crippen molar-refractivity contribution in [2.24, 2.45) is 0 Å². The number of benzene rings is 1. The summed E-state index contributed by atoms with van der Waals surface area (Å²) in [6.45, 7) is 0.287. The van der Waals surface area contributed by atoms with Gasteiger partial charge in [-0.1, -0.05) is 30.3 Å². The topological polar surface area (TPSA) is 55.2 Å². The second-order valence-electron chi connectivity index (χ2n) is 2.31. The minimum absolute atomic E-state index is 0. The minimum atomic E-state index is 0. The standard InChI is InChI=1S/C9H12O.H3N/c10-8-4-7-9-5-2-1-3-6-9;/h1-3,5-6,10H,4,7-8H2;1H3. The molecule has 1 aromatic carbocycles. The Hall–Kier alpha value is -0.860. The highest BCUT2D eigenvalue weighted by atomic mass is 16.2. The second-order valence-corrected chi connectivity index (χ2v) is 2.31. The first kappa shape index (κ1) is 10.1. The third-order valence-corrected chi connectivity index (χ3v) is 1.47. The zero-order valence-electron chi connectivity index (χ0n) is 6.66. The van der Waals surface area contributed by atoms with Gasteiger partial charge >= 0.3 is 0 Å². The summed E-state index contributed by atoms with van der Waals surface area (Å²) in [5.41, 5.74) is 1.30. The van der Waals surface area contributed by atoms with Gasteiger partial charge in [0.1, 0.15) is 0 Å². The summed E-state index contributed by atoms with van der Waals surface area (Å²) in [4.78, 5) is 0. The summed E-state index contributed by atoms with van der Waals surface area (Å²) >= 11 is 0. The van der Waals surface area contributed by atoms with Gasteiger partial charge in [-0.05, 0) is 18.4 Å². The SMILES string of the molecule is N.OCCCc1ccccc1. The van der Waals surface area contributed by atoms with Crippen molar-refractivity contribution in [3.8, 4) is 0 Å². The van der Waals surface area contributed by atoms with E-state index >= 15 is 0 Å². The van der Waals surface area contributed by atoms with Gasteiger partial charge in [-0.3, -0.25) is 0 Å². The molecule has 0 aliphatic carbocycles. The molecule has 0 amide bonds. The lowest BCUT2D eigenvalue weighted by molar-refractivity contribution is 0.288. The first-order valence-electron chi connectivity index (χ1n) is 3.58. The quantitative estimate of drug-likeness (QED) is 0.695. The zero-order valence-corrected chi connectivity index (χ0v) is 6.66. The maximum absolute atomic E-state index is 8.53. The van der Waals surface area contributed by atoms with Crippen LogP contribution in [0.3, 0.4) is 0 Å². The molecule has 0 heterocycles. The Morgan fingerprint density at radius 3 is 2.27 bits per heavy atom. The van der Waals surface area contributed by atoms with Gasteiger partial charge in [-0.2, -0.15) is 0 Å². The number of rotatable bonds is 3. The normalized spacial score (nSPS) is 8.82. The van der Waals surface area contributed by atoms with E-state index in [1.54, 1.807) is 0 Å². The monoisotopic (exact) mass is 153 g/mol. The van der Waals surface area contributed by atoms with E-state index in [1.165, 1.54) is 5.56 Å². The molecule has 0 saturated heterocycles. The molecule has 0 aliphatic rings. The summed E-state index contributed by atoms with van der Waals surface area (Å²) in [7, 11) is 0. The fraction of sp³-hybridized carbons (Fsp3) is 0.333. The van der Waals surface area contributed by atoms with E-state index in [4.69, 9.17) is 5.11 Å². The van der Waals surface area contributed by atoms with Crippen molar-refractivity contribution in [3.05, 3.63) is 35.9 Å². The highest BCUT2D eigenvalue weighted by Gasteiger charge is 1.87. The fourth-order valence-electron chi connectivity index (χ4n) is 0.928. The van der Waals surface area contributed by atoms with Crippen molar-refractivity contribution in [1.29, 1.82) is 0 Å². The van der Waals surface area contributed by atoms with E-state index < -0.39 is 0 Å². The van der Waals surface area contributed by atoms with Gasteiger partial charge in [-0.15, -0.1) is 0 Å². The Balaban J connectivity index is 0.000001000. The number of aryl methyl sites for hydroxylation is 1. The smallest absolute Gasteiger partial charge is 0.0434 e. The van der Waals surface area contributed by atoms with E-state index in [0.29, 0.717) is 0 Å². The predicted molar refractivity (Wildman–Crippen MR) is 46.9 cm³/mol.